The molecule has 0 aromatic rings. The van der Waals surface area contributed by atoms with Gasteiger partial charge in [0.05, 0.1) is 19.1 Å². The Labute approximate surface area is 135 Å². The van der Waals surface area contributed by atoms with Crippen molar-refractivity contribution < 1.29 is 9.53 Å². The van der Waals surface area contributed by atoms with Crippen LogP contribution in [0, 0.1) is 0 Å². The Morgan fingerprint density at radius 2 is 2.00 bits per heavy atom. The van der Waals surface area contributed by atoms with Gasteiger partial charge >= 0.3 is 0 Å². The molecule has 1 unspecified atom stereocenters. The number of likely N-dealkylation sites (N-methyl/N-ethyl adjacent to an activating group) is 1. The van der Waals surface area contributed by atoms with Crippen molar-refractivity contribution in [1.29, 1.82) is 0 Å². The topological polar surface area (TPSA) is 44.8 Å². The summed E-state index contributed by atoms with van der Waals surface area (Å²) in [6.45, 7) is 14.6. The summed E-state index contributed by atoms with van der Waals surface area (Å²) in [5.74, 6) is 0.142. The predicted molar refractivity (Wildman–Crippen MR) is 89.0 cm³/mol. The molecule has 2 rings (SSSR count). The van der Waals surface area contributed by atoms with Gasteiger partial charge in [-0.25, -0.2) is 0 Å². The first kappa shape index (κ1) is 17.7. The van der Waals surface area contributed by atoms with Gasteiger partial charge in [-0.15, -0.1) is 0 Å². The number of piperidine rings is 1. The lowest BCUT2D eigenvalue weighted by atomic mass is 9.88. The lowest BCUT2D eigenvalue weighted by molar-refractivity contribution is -0.128. The summed E-state index contributed by atoms with van der Waals surface area (Å²) in [6, 6.07) is 0.593. The number of ether oxygens (including phenoxy) is 1. The number of carbonyl (C=O) groups is 1. The average Bonchev–Trinajstić information content (AvgIpc) is 2.47. The van der Waals surface area contributed by atoms with Crippen molar-refractivity contribution in [1.82, 2.24) is 15.1 Å². The average molecular weight is 311 g/mol. The molecule has 0 aromatic carbocycles. The van der Waals surface area contributed by atoms with Crippen LogP contribution in [0.15, 0.2) is 0 Å². The zero-order chi connectivity index (χ0) is 16.2. The molecule has 22 heavy (non-hydrogen) atoms. The largest absolute Gasteiger partial charge is 0.375 e. The van der Waals surface area contributed by atoms with Crippen molar-refractivity contribution in [2.24, 2.45) is 0 Å². The Bertz CT molecular complexity index is 365. The molecule has 5 nitrogen and oxygen atoms in total. The Morgan fingerprint density at radius 3 is 2.59 bits per heavy atom. The van der Waals surface area contributed by atoms with E-state index < -0.39 is 0 Å². The number of nitrogens with one attached hydrogen (secondary N) is 1. The molecule has 0 radical (unpaired) electrons. The van der Waals surface area contributed by atoms with Crippen LogP contribution in [0.4, 0.5) is 0 Å². The molecular formula is C17H33N3O2. The van der Waals surface area contributed by atoms with E-state index >= 15 is 0 Å². The standard InChI is InChI=1S/C17H33N3O2/c1-5-19-10-11-22-15(13-19)12-16(21)18-17(4)6-8-20(9-7-17)14(2)3/h14-15H,5-13H2,1-4H3,(H,18,21). The smallest absolute Gasteiger partial charge is 0.223 e. The quantitative estimate of drug-likeness (QED) is 0.835. The molecule has 2 fully saturated rings. The highest BCUT2D eigenvalue weighted by molar-refractivity contribution is 5.77. The summed E-state index contributed by atoms with van der Waals surface area (Å²) in [6.07, 6.45) is 2.60. The molecule has 1 N–H and O–H groups in total. The zero-order valence-corrected chi connectivity index (χ0v) is 14.7. The Morgan fingerprint density at radius 1 is 1.32 bits per heavy atom. The third-order valence-electron chi connectivity index (χ3n) is 5.16. The number of likely N-dealkylation sites (tertiary alicyclic amines) is 1. The van der Waals surface area contributed by atoms with Gasteiger partial charge in [0.1, 0.15) is 0 Å². The zero-order valence-electron chi connectivity index (χ0n) is 14.7. The number of hydrogen-bond acceptors (Lipinski definition) is 4. The van der Waals surface area contributed by atoms with Crippen LogP contribution in [-0.4, -0.2) is 72.7 Å². The van der Waals surface area contributed by atoms with Crippen LogP contribution < -0.4 is 5.32 Å². The molecule has 1 amide bonds. The van der Waals surface area contributed by atoms with Crippen LogP contribution in [-0.2, 0) is 9.53 Å². The Kier molecular flexibility index (Phi) is 6.24. The van der Waals surface area contributed by atoms with Crippen LogP contribution in [0.1, 0.15) is 47.0 Å². The van der Waals surface area contributed by atoms with E-state index in [1.165, 1.54) is 0 Å². The summed E-state index contributed by atoms with van der Waals surface area (Å²) in [7, 11) is 0. The molecule has 1 atom stereocenters. The van der Waals surface area contributed by atoms with E-state index in [1.54, 1.807) is 0 Å². The molecule has 2 aliphatic heterocycles. The molecule has 0 saturated carbocycles. The number of nitrogens with zero attached hydrogens (tertiary/aromatic N) is 2. The van der Waals surface area contributed by atoms with Crippen LogP contribution in [0.25, 0.3) is 0 Å². The van der Waals surface area contributed by atoms with Crippen LogP contribution in [0.3, 0.4) is 0 Å². The second-order valence-electron chi connectivity index (χ2n) is 7.33. The van der Waals surface area contributed by atoms with Gasteiger partial charge in [0.15, 0.2) is 0 Å². The minimum atomic E-state index is -0.0540. The molecule has 2 aliphatic rings. The molecule has 0 spiro atoms. The van der Waals surface area contributed by atoms with Gasteiger partial charge < -0.3 is 15.0 Å². The maximum absolute atomic E-state index is 12.4. The lowest BCUT2D eigenvalue weighted by Crippen LogP contribution is -2.55. The predicted octanol–water partition coefficient (Wildman–Crippen LogP) is 1.48. The third-order valence-corrected chi connectivity index (χ3v) is 5.16. The fourth-order valence-corrected chi connectivity index (χ4v) is 3.44. The SMILES string of the molecule is CCN1CCOC(CC(=O)NC2(C)CCN(C(C)C)CC2)C1. The second-order valence-corrected chi connectivity index (χ2v) is 7.33. The van der Waals surface area contributed by atoms with Crippen molar-refractivity contribution in [3.05, 3.63) is 0 Å². The maximum Gasteiger partial charge on any atom is 0.223 e. The number of carbonyl (C=O) groups excluding carboxylic acids is 1. The molecule has 0 aliphatic carbocycles. The van der Waals surface area contributed by atoms with Crippen molar-refractivity contribution in [2.75, 3.05) is 39.3 Å². The molecule has 2 heterocycles. The minimum absolute atomic E-state index is 0.0491. The Hall–Kier alpha value is -0.650. The van der Waals surface area contributed by atoms with Gasteiger partial charge in [-0.05, 0) is 40.2 Å². The van der Waals surface area contributed by atoms with Crippen molar-refractivity contribution in [3.8, 4) is 0 Å². The third kappa shape index (κ3) is 4.93. The fourth-order valence-electron chi connectivity index (χ4n) is 3.44. The van der Waals surface area contributed by atoms with Crippen molar-refractivity contribution >= 4 is 5.91 Å². The summed E-state index contributed by atoms with van der Waals surface area (Å²) in [5, 5.41) is 3.27. The van der Waals surface area contributed by atoms with Crippen LogP contribution in [0.5, 0.6) is 0 Å². The molecule has 2 saturated heterocycles. The second kappa shape index (κ2) is 7.75. The highest BCUT2D eigenvalue weighted by Gasteiger charge is 2.33. The molecule has 0 bridgehead atoms. The van der Waals surface area contributed by atoms with Crippen molar-refractivity contribution in [3.63, 3.8) is 0 Å². The highest BCUT2D eigenvalue weighted by Crippen LogP contribution is 2.23. The van der Waals surface area contributed by atoms with E-state index in [1.807, 2.05) is 0 Å². The monoisotopic (exact) mass is 311 g/mol. The van der Waals surface area contributed by atoms with Crippen LogP contribution >= 0.6 is 0 Å². The molecule has 128 valence electrons. The normalized spacial score (nSPS) is 27.0. The first-order valence-corrected chi connectivity index (χ1v) is 8.81. The van der Waals surface area contributed by atoms with E-state index in [9.17, 15) is 4.79 Å². The first-order chi connectivity index (χ1) is 10.4. The van der Waals surface area contributed by atoms with E-state index in [4.69, 9.17) is 4.74 Å². The summed E-state index contributed by atoms with van der Waals surface area (Å²) >= 11 is 0. The number of hydrogen-bond donors (Lipinski definition) is 1. The van der Waals surface area contributed by atoms with Gasteiger partial charge in [0, 0.05) is 37.8 Å². The first-order valence-electron chi connectivity index (χ1n) is 8.81. The fraction of sp³-hybridized carbons (Fsp3) is 0.941. The number of rotatable bonds is 5. The summed E-state index contributed by atoms with van der Waals surface area (Å²) in [4.78, 5) is 17.2. The lowest BCUT2D eigenvalue weighted by Gasteiger charge is -2.42. The summed E-state index contributed by atoms with van der Waals surface area (Å²) < 4.78 is 5.74. The van der Waals surface area contributed by atoms with Gasteiger partial charge in [-0.3, -0.25) is 9.69 Å². The van der Waals surface area contributed by atoms with E-state index in [2.05, 4.69) is 42.8 Å². The van der Waals surface area contributed by atoms with Gasteiger partial charge in [0.2, 0.25) is 5.91 Å². The van der Waals surface area contributed by atoms with Crippen LogP contribution in [0.2, 0.25) is 0 Å². The maximum atomic E-state index is 12.4. The number of morpholine rings is 1. The Balaban J connectivity index is 1.77. The molecule has 5 heteroatoms. The molecular weight excluding hydrogens is 278 g/mol. The molecule has 0 aromatic heterocycles. The number of amides is 1. The van der Waals surface area contributed by atoms with E-state index in [0.717, 1.165) is 52.2 Å². The van der Waals surface area contributed by atoms with Crippen molar-refractivity contribution in [2.45, 2.75) is 64.6 Å². The highest BCUT2D eigenvalue weighted by atomic mass is 16.5. The minimum Gasteiger partial charge on any atom is -0.375 e. The summed E-state index contributed by atoms with van der Waals surface area (Å²) in [5.41, 5.74) is -0.0540. The van der Waals surface area contributed by atoms with E-state index in [0.29, 0.717) is 12.5 Å². The van der Waals surface area contributed by atoms with Gasteiger partial charge in [-0.2, -0.15) is 0 Å². The van der Waals surface area contributed by atoms with Gasteiger partial charge in [-0.1, -0.05) is 6.92 Å². The van der Waals surface area contributed by atoms with Gasteiger partial charge in [0.25, 0.3) is 0 Å². The van der Waals surface area contributed by atoms with E-state index in [-0.39, 0.29) is 17.6 Å².